The van der Waals surface area contributed by atoms with Gasteiger partial charge in [-0.25, -0.2) is 14.6 Å². The number of hydrogen-bond acceptors (Lipinski definition) is 6. The second kappa shape index (κ2) is 4.42. The van der Waals surface area contributed by atoms with Crippen molar-refractivity contribution in [2.24, 2.45) is 12.8 Å². The first-order valence-electron chi connectivity index (χ1n) is 4.65. The zero-order valence-electron chi connectivity index (χ0n) is 8.99. The third kappa shape index (κ3) is 2.36. The van der Waals surface area contributed by atoms with Gasteiger partial charge >= 0.3 is 0 Å². The predicted molar refractivity (Wildman–Crippen MR) is 62.3 cm³/mol. The fourth-order valence-corrected chi connectivity index (χ4v) is 2.02. The van der Waals surface area contributed by atoms with E-state index in [-0.39, 0.29) is 5.56 Å². The summed E-state index contributed by atoms with van der Waals surface area (Å²) >= 11 is 1.21. The fourth-order valence-electron chi connectivity index (χ4n) is 1.19. The number of aryl methyl sites for hydroxylation is 1. The summed E-state index contributed by atoms with van der Waals surface area (Å²) in [6.45, 7) is 0. The second-order valence-corrected chi connectivity index (χ2v) is 4.21. The molecule has 0 saturated heterocycles. The number of amides is 1. The number of nitrogens with two attached hydrogens (primary N) is 2. The van der Waals surface area contributed by atoms with Crippen LogP contribution in [0, 0.1) is 0 Å². The van der Waals surface area contributed by atoms with Crippen molar-refractivity contribution >= 4 is 23.4 Å². The number of carbonyl (C=O) groups is 1. The third-order valence-corrected chi connectivity index (χ3v) is 3.07. The van der Waals surface area contributed by atoms with Crippen LogP contribution in [0.5, 0.6) is 0 Å². The summed E-state index contributed by atoms with van der Waals surface area (Å²) in [6.07, 6.45) is 2.88. The normalized spacial score (nSPS) is 10.4. The highest BCUT2D eigenvalue weighted by atomic mass is 32.2. The Morgan fingerprint density at radius 3 is 2.82 bits per heavy atom. The van der Waals surface area contributed by atoms with Crippen molar-refractivity contribution in [1.29, 1.82) is 0 Å². The molecular formula is C9H10N6OS. The van der Waals surface area contributed by atoms with Gasteiger partial charge in [-0.3, -0.25) is 4.79 Å². The molecule has 2 aromatic rings. The molecule has 8 heteroatoms. The molecule has 0 atom stereocenters. The number of nitrogen functional groups attached to an aromatic ring is 1. The molecule has 17 heavy (non-hydrogen) atoms. The summed E-state index contributed by atoms with van der Waals surface area (Å²) in [5, 5.41) is 5.00. The SMILES string of the molecule is Cn1ncnc1Sc1ncc(N)cc1C(N)=O. The molecule has 2 rings (SSSR count). The van der Waals surface area contributed by atoms with Crippen LogP contribution in [-0.2, 0) is 7.05 Å². The van der Waals surface area contributed by atoms with Crippen molar-refractivity contribution in [3.8, 4) is 0 Å². The number of nitrogens with zero attached hydrogens (tertiary/aromatic N) is 4. The van der Waals surface area contributed by atoms with Crippen molar-refractivity contribution in [2.45, 2.75) is 10.2 Å². The van der Waals surface area contributed by atoms with E-state index in [1.165, 1.54) is 30.4 Å². The number of carbonyl (C=O) groups excluding carboxylic acids is 1. The molecule has 0 saturated carbocycles. The molecule has 0 aliphatic carbocycles. The van der Waals surface area contributed by atoms with E-state index in [2.05, 4.69) is 15.1 Å². The first kappa shape index (κ1) is 11.4. The van der Waals surface area contributed by atoms with E-state index >= 15 is 0 Å². The van der Waals surface area contributed by atoms with Crippen molar-refractivity contribution in [3.05, 3.63) is 24.2 Å². The standard InChI is InChI=1S/C9H10N6OS/c1-15-9(13-4-14-15)17-8-6(7(11)16)2-5(10)3-12-8/h2-4H,10H2,1H3,(H2,11,16). The van der Waals surface area contributed by atoms with Gasteiger partial charge in [0.25, 0.3) is 5.91 Å². The van der Waals surface area contributed by atoms with E-state index in [1.807, 2.05) is 0 Å². The molecule has 0 aliphatic heterocycles. The minimum atomic E-state index is -0.575. The molecule has 2 heterocycles. The maximum Gasteiger partial charge on any atom is 0.251 e. The van der Waals surface area contributed by atoms with Crippen LogP contribution in [0.3, 0.4) is 0 Å². The Balaban J connectivity index is 2.39. The van der Waals surface area contributed by atoms with Crippen molar-refractivity contribution in [1.82, 2.24) is 19.7 Å². The van der Waals surface area contributed by atoms with Gasteiger partial charge in [0.05, 0.1) is 17.4 Å². The quantitative estimate of drug-likeness (QED) is 0.795. The Morgan fingerprint density at radius 2 is 2.24 bits per heavy atom. The summed E-state index contributed by atoms with van der Waals surface area (Å²) < 4.78 is 1.58. The molecule has 0 radical (unpaired) electrons. The number of aromatic nitrogens is 4. The molecule has 88 valence electrons. The highest BCUT2D eigenvalue weighted by Crippen LogP contribution is 2.27. The molecule has 2 aromatic heterocycles. The fraction of sp³-hybridized carbons (Fsp3) is 0.111. The van der Waals surface area contributed by atoms with Gasteiger partial charge in [-0.2, -0.15) is 5.10 Å². The van der Waals surface area contributed by atoms with Crippen molar-refractivity contribution < 1.29 is 4.79 Å². The number of anilines is 1. The van der Waals surface area contributed by atoms with E-state index in [4.69, 9.17) is 11.5 Å². The number of hydrogen-bond donors (Lipinski definition) is 2. The van der Waals surface area contributed by atoms with Gasteiger partial charge in [0, 0.05) is 7.05 Å². The Morgan fingerprint density at radius 1 is 1.47 bits per heavy atom. The van der Waals surface area contributed by atoms with Gasteiger partial charge in [-0.15, -0.1) is 0 Å². The largest absolute Gasteiger partial charge is 0.397 e. The van der Waals surface area contributed by atoms with Crippen LogP contribution in [0.2, 0.25) is 0 Å². The minimum absolute atomic E-state index is 0.276. The summed E-state index contributed by atoms with van der Waals surface area (Å²) in [5.41, 5.74) is 11.5. The van der Waals surface area contributed by atoms with Gasteiger partial charge in [0.15, 0.2) is 5.16 Å². The van der Waals surface area contributed by atoms with Crippen LogP contribution in [0.1, 0.15) is 10.4 Å². The topological polar surface area (TPSA) is 113 Å². The molecular weight excluding hydrogens is 240 g/mol. The van der Waals surface area contributed by atoms with Gasteiger partial charge in [-0.1, -0.05) is 0 Å². The molecule has 1 amide bonds. The van der Waals surface area contributed by atoms with Crippen LogP contribution in [0.4, 0.5) is 5.69 Å². The smallest absolute Gasteiger partial charge is 0.251 e. The van der Waals surface area contributed by atoms with Crippen LogP contribution >= 0.6 is 11.8 Å². The van der Waals surface area contributed by atoms with E-state index in [0.29, 0.717) is 15.9 Å². The lowest BCUT2D eigenvalue weighted by Crippen LogP contribution is -2.13. The molecule has 4 N–H and O–H groups in total. The van der Waals surface area contributed by atoms with E-state index in [1.54, 1.807) is 11.7 Å². The average Bonchev–Trinajstić information content (AvgIpc) is 2.67. The zero-order valence-corrected chi connectivity index (χ0v) is 9.81. The first-order valence-corrected chi connectivity index (χ1v) is 5.46. The molecule has 0 aliphatic rings. The van der Waals surface area contributed by atoms with Crippen molar-refractivity contribution in [3.63, 3.8) is 0 Å². The number of rotatable bonds is 3. The number of primary amides is 1. The van der Waals surface area contributed by atoms with Crippen LogP contribution in [0.15, 0.2) is 28.8 Å². The molecule has 0 aromatic carbocycles. The van der Waals surface area contributed by atoms with Gasteiger partial charge < -0.3 is 11.5 Å². The maximum absolute atomic E-state index is 11.3. The molecule has 0 spiro atoms. The second-order valence-electron chi connectivity index (χ2n) is 3.25. The lowest BCUT2D eigenvalue weighted by Gasteiger charge is -2.05. The lowest BCUT2D eigenvalue weighted by atomic mass is 10.2. The van der Waals surface area contributed by atoms with E-state index in [9.17, 15) is 4.79 Å². The van der Waals surface area contributed by atoms with Gasteiger partial charge in [0.1, 0.15) is 11.4 Å². The van der Waals surface area contributed by atoms with Crippen LogP contribution < -0.4 is 11.5 Å². The lowest BCUT2D eigenvalue weighted by molar-refractivity contribution is 0.0997. The van der Waals surface area contributed by atoms with Crippen LogP contribution in [-0.4, -0.2) is 25.7 Å². The molecule has 0 fully saturated rings. The summed E-state index contributed by atoms with van der Waals surface area (Å²) in [4.78, 5) is 19.4. The monoisotopic (exact) mass is 250 g/mol. The summed E-state index contributed by atoms with van der Waals surface area (Å²) in [5.74, 6) is -0.575. The predicted octanol–water partition coefficient (Wildman–Crippen LogP) is 0.0424. The molecule has 0 bridgehead atoms. The summed E-state index contributed by atoms with van der Waals surface area (Å²) in [7, 11) is 1.75. The average molecular weight is 250 g/mol. The Labute approximate surface area is 101 Å². The first-order chi connectivity index (χ1) is 8.08. The van der Waals surface area contributed by atoms with Gasteiger partial charge in [0.2, 0.25) is 0 Å². The molecule has 7 nitrogen and oxygen atoms in total. The Hall–Kier alpha value is -2.09. The van der Waals surface area contributed by atoms with Crippen molar-refractivity contribution in [2.75, 3.05) is 5.73 Å². The Kier molecular flexibility index (Phi) is 2.96. The Bertz CT molecular complexity index is 566. The van der Waals surface area contributed by atoms with E-state index in [0.717, 1.165) is 0 Å². The maximum atomic E-state index is 11.3. The van der Waals surface area contributed by atoms with Crippen LogP contribution in [0.25, 0.3) is 0 Å². The highest BCUT2D eigenvalue weighted by molar-refractivity contribution is 7.99. The van der Waals surface area contributed by atoms with E-state index < -0.39 is 5.91 Å². The minimum Gasteiger partial charge on any atom is -0.397 e. The highest BCUT2D eigenvalue weighted by Gasteiger charge is 2.14. The zero-order chi connectivity index (χ0) is 12.4. The van der Waals surface area contributed by atoms with Gasteiger partial charge in [-0.05, 0) is 17.8 Å². The number of pyridine rings is 1. The third-order valence-electron chi connectivity index (χ3n) is 2.00. The molecule has 0 unspecified atom stereocenters. The summed E-state index contributed by atoms with van der Waals surface area (Å²) in [6, 6.07) is 1.49.